The summed E-state index contributed by atoms with van der Waals surface area (Å²) in [5.41, 5.74) is 4.14. The molecule has 0 aromatic heterocycles. The monoisotopic (exact) mass is 344 g/mol. The van der Waals surface area contributed by atoms with Crippen LogP contribution in [0.2, 0.25) is 0 Å². The number of anilines is 2. The van der Waals surface area contributed by atoms with Gasteiger partial charge < -0.3 is 15.7 Å². The lowest BCUT2D eigenvalue weighted by Crippen LogP contribution is -2.33. The molecule has 0 spiro atoms. The summed E-state index contributed by atoms with van der Waals surface area (Å²) in [6.07, 6.45) is -4.71. The number of hydrogen-bond acceptors (Lipinski definition) is 6. The molecule has 0 unspecified atom stereocenters. The molecule has 2 atom stereocenters. The maximum Gasteiger partial charge on any atom is 0.394 e. The van der Waals surface area contributed by atoms with Gasteiger partial charge in [0, 0.05) is 18.8 Å². The Balaban J connectivity index is 2.43. The number of rotatable bonds is 3. The minimum absolute atomic E-state index is 0.0349. The van der Waals surface area contributed by atoms with E-state index >= 15 is 0 Å². The highest BCUT2D eigenvalue weighted by Crippen LogP contribution is 2.41. The van der Waals surface area contributed by atoms with E-state index in [0.29, 0.717) is 0 Å². The van der Waals surface area contributed by atoms with Crippen molar-refractivity contribution < 1.29 is 28.0 Å². The van der Waals surface area contributed by atoms with E-state index in [1.165, 1.54) is 0 Å². The molecule has 1 aliphatic heterocycles. The summed E-state index contributed by atoms with van der Waals surface area (Å²) in [5, 5.41) is 28.9. The van der Waals surface area contributed by atoms with E-state index in [0.717, 1.165) is 17.0 Å². The SMILES string of the molecule is N#Cc1cc(N2C[C@@H](C(F)(F)F)[C@H](C(=O)O)C2)cc(N)c1[N+](=O)[O-]. The Bertz CT molecular complexity index is 744. The Hall–Kier alpha value is -3.03. The van der Waals surface area contributed by atoms with Gasteiger partial charge in [0.2, 0.25) is 0 Å². The number of nitrogens with two attached hydrogens (primary N) is 1. The van der Waals surface area contributed by atoms with Gasteiger partial charge in [-0.05, 0) is 12.1 Å². The van der Waals surface area contributed by atoms with Gasteiger partial charge >= 0.3 is 17.8 Å². The molecule has 3 N–H and O–H groups in total. The number of nitrogen functional groups attached to an aromatic ring is 1. The molecule has 0 saturated carbocycles. The second-order valence-electron chi connectivity index (χ2n) is 5.30. The Morgan fingerprint density at radius 2 is 2.08 bits per heavy atom. The zero-order valence-electron chi connectivity index (χ0n) is 11.9. The molecule has 1 aromatic carbocycles. The first-order chi connectivity index (χ1) is 11.1. The van der Waals surface area contributed by atoms with Crippen LogP contribution in [0.15, 0.2) is 12.1 Å². The number of carboxylic acids is 1. The van der Waals surface area contributed by atoms with Crippen LogP contribution in [0.3, 0.4) is 0 Å². The average Bonchev–Trinajstić information content (AvgIpc) is 2.91. The van der Waals surface area contributed by atoms with E-state index in [1.54, 1.807) is 6.07 Å². The molecular weight excluding hydrogens is 333 g/mol. The van der Waals surface area contributed by atoms with Crippen molar-refractivity contribution in [1.29, 1.82) is 5.26 Å². The van der Waals surface area contributed by atoms with E-state index < -0.39 is 53.2 Å². The fraction of sp³-hybridized carbons (Fsp3) is 0.385. The fourth-order valence-electron chi connectivity index (χ4n) is 2.71. The summed E-state index contributed by atoms with van der Waals surface area (Å²) in [7, 11) is 0. The Morgan fingerprint density at radius 1 is 1.46 bits per heavy atom. The van der Waals surface area contributed by atoms with Crippen LogP contribution in [-0.2, 0) is 4.79 Å². The molecule has 0 amide bonds. The van der Waals surface area contributed by atoms with Crippen LogP contribution >= 0.6 is 0 Å². The first-order valence-electron chi connectivity index (χ1n) is 6.58. The molecule has 11 heteroatoms. The molecule has 8 nitrogen and oxygen atoms in total. The molecule has 1 heterocycles. The maximum absolute atomic E-state index is 13.0. The zero-order chi connectivity index (χ0) is 18.2. The van der Waals surface area contributed by atoms with Gasteiger partial charge in [-0.2, -0.15) is 18.4 Å². The van der Waals surface area contributed by atoms with Crippen LogP contribution in [0, 0.1) is 33.3 Å². The third kappa shape index (κ3) is 3.03. The maximum atomic E-state index is 13.0. The number of carboxylic acid groups (broad SMARTS) is 1. The lowest BCUT2D eigenvalue weighted by Gasteiger charge is -2.20. The Labute approximate surface area is 133 Å². The molecule has 0 radical (unpaired) electrons. The second kappa shape index (κ2) is 5.88. The fourth-order valence-corrected chi connectivity index (χ4v) is 2.71. The van der Waals surface area contributed by atoms with E-state index in [9.17, 15) is 28.1 Å². The molecule has 2 rings (SSSR count). The van der Waals surface area contributed by atoms with Crippen molar-refractivity contribution in [2.75, 3.05) is 23.7 Å². The lowest BCUT2D eigenvalue weighted by atomic mass is 9.96. The molecular formula is C13H11F3N4O4. The number of nitro groups is 1. The minimum atomic E-state index is -4.71. The summed E-state index contributed by atoms with van der Waals surface area (Å²) in [6, 6.07) is 3.67. The molecule has 24 heavy (non-hydrogen) atoms. The normalized spacial score (nSPS) is 20.7. The third-order valence-corrected chi connectivity index (χ3v) is 3.85. The van der Waals surface area contributed by atoms with E-state index in [1.807, 2.05) is 0 Å². The second-order valence-corrected chi connectivity index (χ2v) is 5.30. The van der Waals surface area contributed by atoms with Gasteiger partial charge in [-0.15, -0.1) is 0 Å². The predicted molar refractivity (Wildman–Crippen MR) is 75.1 cm³/mol. The summed E-state index contributed by atoms with van der Waals surface area (Å²) in [6.45, 7) is -1.08. The topological polar surface area (TPSA) is 133 Å². The number of nitriles is 1. The third-order valence-electron chi connectivity index (χ3n) is 3.85. The molecule has 0 bridgehead atoms. The standard InChI is InChI=1S/C13H11F3N4O4/c14-13(15,16)9-5-19(4-8(9)12(21)22)7-1-6(3-17)11(20(23)24)10(18)2-7/h1-2,8-9H,4-5,18H2,(H,21,22)/t8-,9-/m1/s1. The number of benzene rings is 1. The zero-order valence-corrected chi connectivity index (χ0v) is 11.9. The highest BCUT2D eigenvalue weighted by Gasteiger charge is 2.52. The molecule has 128 valence electrons. The lowest BCUT2D eigenvalue weighted by molar-refractivity contribution is -0.384. The van der Waals surface area contributed by atoms with Crippen LogP contribution in [0.25, 0.3) is 0 Å². The Kier molecular flexibility index (Phi) is 4.24. The first-order valence-corrected chi connectivity index (χ1v) is 6.58. The smallest absolute Gasteiger partial charge is 0.394 e. The highest BCUT2D eigenvalue weighted by molar-refractivity contribution is 5.76. The molecule has 0 aliphatic carbocycles. The quantitative estimate of drug-likeness (QED) is 0.484. The summed E-state index contributed by atoms with van der Waals surface area (Å²) in [5.74, 6) is -5.35. The van der Waals surface area contributed by atoms with Crippen LogP contribution in [0.5, 0.6) is 0 Å². The number of nitro benzene ring substituents is 1. The van der Waals surface area contributed by atoms with Crippen LogP contribution < -0.4 is 10.6 Å². The summed E-state index contributed by atoms with van der Waals surface area (Å²) in [4.78, 5) is 22.2. The number of hydrogen-bond donors (Lipinski definition) is 2. The predicted octanol–water partition coefficient (Wildman–Crippen LogP) is 1.75. The first kappa shape index (κ1) is 17.3. The van der Waals surface area contributed by atoms with Crippen molar-refractivity contribution >= 4 is 23.0 Å². The number of aliphatic carboxylic acids is 1. The van der Waals surface area contributed by atoms with Crippen molar-refractivity contribution in [3.8, 4) is 6.07 Å². The van der Waals surface area contributed by atoms with Crippen molar-refractivity contribution in [3.05, 3.63) is 27.8 Å². The number of halogens is 3. The Morgan fingerprint density at radius 3 is 2.50 bits per heavy atom. The van der Waals surface area contributed by atoms with Gasteiger partial charge in [-0.1, -0.05) is 0 Å². The van der Waals surface area contributed by atoms with Crippen LogP contribution in [0.4, 0.5) is 30.2 Å². The summed E-state index contributed by atoms with van der Waals surface area (Å²) >= 11 is 0. The van der Waals surface area contributed by atoms with Crippen molar-refractivity contribution in [2.45, 2.75) is 6.18 Å². The molecule has 1 aromatic rings. The van der Waals surface area contributed by atoms with Crippen LogP contribution in [0.1, 0.15) is 5.56 Å². The average molecular weight is 344 g/mol. The van der Waals surface area contributed by atoms with E-state index in [2.05, 4.69) is 0 Å². The highest BCUT2D eigenvalue weighted by atomic mass is 19.4. The number of carbonyl (C=O) groups is 1. The number of alkyl halides is 3. The van der Waals surface area contributed by atoms with E-state index in [4.69, 9.17) is 16.1 Å². The summed E-state index contributed by atoms with van der Waals surface area (Å²) < 4.78 is 39.0. The van der Waals surface area contributed by atoms with E-state index in [-0.39, 0.29) is 11.4 Å². The van der Waals surface area contributed by atoms with Gasteiger partial charge in [0.15, 0.2) is 0 Å². The van der Waals surface area contributed by atoms with Crippen molar-refractivity contribution in [3.63, 3.8) is 0 Å². The van der Waals surface area contributed by atoms with Crippen molar-refractivity contribution in [1.82, 2.24) is 0 Å². The molecule has 1 saturated heterocycles. The van der Waals surface area contributed by atoms with Gasteiger partial charge in [-0.3, -0.25) is 14.9 Å². The van der Waals surface area contributed by atoms with Crippen LogP contribution in [-0.4, -0.2) is 35.3 Å². The van der Waals surface area contributed by atoms with Gasteiger partial charge in [0.25, 0.3) is 0 Å². The van der Waals surface area contributed by atoms with Gasteiger partial charge in [-0.25, -0.2) is 0 Å². The number of nitrogens with zero attached hydrogens (tertiary/aromatic N) is 3. The van der Waals surface area contributed by atoms with Gasteiger partial charge in [0.1, 0.15) is 17.3 Å². The molecule has 1 fully saturated rings. The largest absolute Gasteiger partial charge is 0.481 e. The van der Waals surface area contributed by atoms with Crippen molar-refractivity contribution in [2.24, 2.45) is 11.8 Å². The minimum Gasteiger partial charge on any atom is -0.481 e. The molecule has 1 aliphatic rings. The van der Waals surface area contributed by atoms with Gasteiger partial charge in [0.05, 0.1) is 16.8 Å².